The van der Waals surface area contributed by atoms with E-state index in [1.165, 1.54) is 74.8 Å². The van der Waals surface area contributed by atoms with Crippen LogP contribution >= 0.6 is 0 Å². The number of hydrogen-bond acceptors (Lipinski definition) is 2. The molecule has 1 N–H and O–H groups in total. The fourth-order valence-corrected chi connectivity index (χ4v) is 6.31. The fraction of sp³-hybridized carbons (Fsp3) is 0.538. The molecule has 3 unspecified atom stereocenters. The Kier molecular flexibility index (Phi) is 4.61. The number of nitrogens with zero attached hydrogens (tertiary/aromatic N) is 1. The molecule has 3 aliphatic rings. The van der Waals surface area contributed by atoms with Crippen LogP contribution in [0.2, 0.25) is 0 Å². The zero-order valence-electron chi connectivity index (χ0n) is 17.5. The molecule has 148 valence electrons. The zero-order chi connectivity index (χ0) is 19.1. The van der Waals surface area contributed by atoms with Crippen molar-refractivity contribution in [3.8, 4) is 0 Å². The number of nitrogens with one attached hydrogen (secondary N) is 1. The molecule has 2 aromatic rings. The Morgan fingerprint density at radius 3 is 2.79 bits per heavy atom. The second-order valence-electron chi connectivity index (χ2n) is 9.55. The molecular formula is C26H34N2. The molecule has 1 fully saturated rings. The Bertz CT molecular complexity index is 857. The summed E-state index contributed by atoms with van der Waals surface area (Å²) in [5.41, 5.74) is 7.68. The molecule has 2 aliphatic heterocycles. The summed E-state index contributed by atoms with van der Waals surface area (Å²) in [7, 11) is 0. The van der Waals surface area contributed by atoms with E-state index < -0.39 is 0 Å². The van der Waals surface area contributed by atoms with Crippen LogP contribution in [0, 0.1) is 11.3 Å². The van der Waals surface area contributed by atoms with Gasteiger partial charge in [0, 0.05) is 11.1 Å². The second kappa shape index (κ2) is 7.13. The van der Waals surface area contributed by atoms with E-state index in [-0.39, 0.29) is 0 Å². The first-order valence-corrected chi connectivity index (χ1v) is 11.5. The molecular weight excluding hydrogens is 340 g/mol. The van der Waals surface area contributed by atoms with Crippen LogP contribution in [0.3, 0.4) is 0 Å². The molecule has 1 aliphatic carbocycles. The molecule has 0 aromatic heterocycles. The molecule has 0 saturated heterocycles. The number of hydrogen-bond donors (Lipinski definition) is 1. The Labute approximate surface area is 170 Å². The van der Waals surface area contributed by atoms with Crippen LogP contribution in [0.1, 0.15) is 69.9 Å². The minimum absolute atomic E-state index is 0.329. The summed E-state index contributed by atoms with van der Waals surface area (Å²) in [5.74, 6) is 0.813. The summed E-state index contributed by atoms with van der Waals surface area (Å²) in [6.45, 7) is 4.80. The van der Waals surface area contributed by atoms with Crippen LogP contribution in [0.4, 0.5) is 17.1 Å². The smallest absolute Gasteiger partial charge is 0.110 e. The van der Waals surface area contributed by atoms with Crippen LogP contribution in [0.15, 0.2) is 42.5 Å². The van der Waals surface area contributed by atoms with E-state index in [0.717, 1.165) is 5.92 Å². The third kappa shape index (κ3) is 2.84. The van der Waals surface area contributed by atoms with Gasteiger partial charge in [-0.15, -0.1) is 0 Å². The highest BCUT2D eigenvalue weighted by molar-refractivity contribution is 5.85. The maximum absolute atomic E-state index is 3.98. The van der Waals surface area contributed by atoms with Gasteiger partial charge in [-0.05, 0) is 60.9 Å². The maximum atomic E-state index is 3.98. The molecule has 28 heavy (non-hydrogen) atoms. The van der Waals surface area contributed by atoms with Gasteiger partial charge < -0.3 is 10.2 Å². The SMILES string of the molecule is CCCc1cccc2c1CC1(CCCCCC(C)C1)C1Nc3ccccc3N21. The fourth-order valence-electron chi connectivity index (χ4n) is 6.31. The van der Waals surface area contributed by atoms with Crippen molar-refractivity contribution < 1.29 is 0 Å². The average molecular weight is 375 g/mol. The Hall–Kier alpha value is -1.96. The van der Waals surface area contributed by atoms with Crippen LogP contribution < -0.4 is 10.2 Å². The zero-order valence-corrected chi connectivity index (χ0v) is 17.5. The molecule has 2 heteroatoms. The van der Waals surface area contributed by atoms with Crippen LogP contribution in [-0.2, 0) is 12.8 Å². The third-order valence-electron chi connectivity index (χ3n) is 7.48. The minimum Gasteiger partial charge on any atom is -0.363 e. The van der Waals surface area contributed by atoms with Gasteiger partial charge in [0.15, 0.2) is 0 Å². The van der Waals surface area contributed by atoms with E-state index in [1.807, 2.05) is 0 Å². The lowest BCUT2D eigenvalue weighted by molar-refractivity contribution is 0.139. The summed E-state index contributed by atoms with van der Waals surface area (Å²) in [4.78, 5) is 2.67. The summed E-state index contributed by atoms with van der Waals surface area (Å²) in [6, 6.07) is 16.0. The monoisotopic (exact) mass is 374 g/mol. The van der Waals surface area contributed by atoms with E-state index in [1.54, 1.807) is 11.1 Å². The van der Waals surface area contributed by atoms with Gasteiger partial charge in [-0.25, -0.2) is 0 Å². The summed E-state index contributed by atoms with van der Waals surface area (Å²) in [6.07, 6.45) is 12.3. The van der Waals surface area contributed by atoms with Crippen molar-refractivity contribution in [1.82, 2.24) is 0 Å². The number of anilines is 3. The molecule has 2 nitrogen and oxygen atoms in total. The van der Waals surface area contributed by atoms with Crippen molar-refractivity contribution in [2.75, 3.05) is 10.2 Å². The van der Waals surface area contributed by atoms with E-state index in [9.17, 15) is 0 Å². The summed E-state index contributed by atoms with van der Waals surface area (Å²) in [5, 5.41) is 3.98. The number of fused-ring (bicyclic) bond motifs is 6. The first-order chi connectivity index (χ1) is 13.7. The number of para-hydroxylation sites is 2. The lowest BCUT2D eigenvalue weighted by Crippen LogP contribution is -2.53. The van der Waals surface area contributed by atoms with E-state index in [4.69, 9.17) is 0 Å². The van der Waals surface area contributed by atoms with Crippen molar-refractivity contribution in [3.05, 3.63) is 53.6 Å². The predicted molar refractivity (Wildman–Crippen MR) is 119 cm³/mol. The lowest BCUT2D eigenvalue weighted by atomic mass is 9.64. The Morgan fingerprint density at radius 2 is 1.89 bits per heavy atom. The molecule has 0 amide bonds. The molecule has 0 bridgehead atoms. The number of rotatable bonds is 2. The number of benzene rings is 2. The van der Waals surface area contributed by atoms with Crippen molar-refractivity contribution in [2.45, 2.75) is 77.8 Å². The molecule has 0 radical (unpaired) electrons. The highest BCUT2D eigenvalue weighted by Crippen LogP contribution is 2.56. The normalized spacial score (nSPS) is 28.7. The third-order valence-corrected chi connectivity index (χ3v) is 7.48. The van der Waals surface area contributed by atoms with E-state index in [2.05, 4.69) is 66.5 Å². The maximum Gasteiger partial charge on any atom is 0.110 e. The lowest BCUT2D eigenvalue weighted by Gasteiger charge is -2.51. The molecule has 1 spiro atoms. The summed E-state index contributed by atoms with van der Waals surface area (Å²) >= 11 is 0. The second-order valence-corrected chi connectivity index (χ2v) is 9.55. The summed E-state index contributed by atoms with van der Waals surface area (Å²) < 4.78 is 0. The highest BCUT2D eigenvalue weighted by Gasteiger charge is 2.50. The quantitative estimate of drug-likeness (QED) is 0.605. The minimum atomic E-state index is 0.329. The van der Waals surface area contributed by atoms with Gasteiger partial charge in [-0.2, -0.15) is 0 Å². The van der Waals surface area contributed by atoms with Gasteiger partial charge in [0.2, 0.25) is 0 Å². The first-order valence-electron chi connectivity index (χ1n) is 11.5. The van der Waals surface area contributed by atoms with Crippen LogP contribution in [0.5, 0.6) is 0 Å². The first kappa shape index (κ1) is 18.1. The van der Waals surface area contributed by atoms with E-state index >= 15 is 0 Å². The molecule has 1 saturated carbocycles. The van der Waals surface area contributed by atoms with Gasteiger partial charge >= 0.3 is 0 Å². The van der Waals surface area contributed by atoms with Gasteiger partial charge in [-0.1, -0.05) is 70.2 Å². The van der Waals surface area contributed by atoms with Crippen molar-refractivity contribution in [3.63, 3.8) is 0 Å². The van der Waals surface area contributed by atoms with Gasteiger partial charge in [0.1, 0.15) is 6.17 Å². The molecule has 2 aromatic carbocycles. The molecule has 5 rings (SSSR count). The largest absolute Gasteiger partial charge is 0.363 e. The van der Waals surface area contributed by atoms with Crippen LogP contribution in [0.25, 0.3) is 0 Å². The Morgan fingerprint density at radius 1 is 1.04 bits per heavy atom. The molecule has 3 atom stereocenters. The van der Waals surface area contributed by atoms with Gasteiger partial charge in [0.05, 0.1) is 11.4 Å². The standard InChI is InChI=1S/C26H34N2/c1-3-10-20-12-9-15-23-21(20)18-26(16-8-4-5-11-19(2)17-26)25-27-22-13-6-7-14-24(22)28(23)25/h6-7,9,12-15,19,25,27H,3-5,8,10-11,16-18H2,1-2H3. The topological polar surface area (TPSA) is 15.3 Å². The van der Waals surface area contributed by atoms with Gasteiger partial charge in [-0.3, -0.25) is 0 Å². The van der Waals surface area contributed by atoms with Crippen LogP contribution in [-0.4, -0.2) is 6.17 Å². The number of aryl methyl sites for hydroxylation is 1. The molecule has 2 heterocycles. The van der Waals surface area contributed by atoms with Crippen molar-refractivity contribution in [1.29, 1.82) is 0 Å². The van der Waals surface area contributed by atoms with E-state index in [0.29, 0.717) is 11.6 Å². The van der Waals surface area contributed by atoms with Crippen molar-refractivity contribution >= 4 is 17.1 Å². The Balaban J connectivity index is 1.68. The van der Waals surface area contributed by atoms with Gasteiger partial charge in [0.25, 0.3) is 0 Å². The predicted octanol–water partition coefficient (Wildman–Crippen LogP) is 7.06. The van der Waals surface area contributed by atoms with Crippen molar-refractivity contribution in [2.24, 2.45) is 11.3 Å². The highest BCUT2D eigenvalue weighted by atomic mass is 15.4. The average Bonchev–Trinajstić information content (AvgIpc) is 3.08.